The van der Waals surface area contributed by atoms with Crippen LogP contribution in [0.25, 0.3) is 5.65 Å². The van der Waals surface area contributed by atoms with Crippen LogP contribution in [0.5, 0.6) is 5.75 Å². The number of ether oxygens (including phenoxy) is 1. The topological polar surface area (TPSA) is 121 Å². The summed E-state index contributed by atoms with van der Waals surface area (Å²) in [7, 11) is 0. The zero-order chi connectivity index (χ0) is 21.2. The maximum atomic E-state index is 12.5. The lowest BCUT2D eigenvalue weighted by Gasteiger charge is -2.13. The van der Waals surface area contributed by atoms with Gasteiger partial charge in [0, 0.05) is 18.3 Å². The normalized spacial score (nSPS) is 11.4. The number of rotatable bonds is 6. The van der Waals surface area contributed by atoms with Crippen molar-refractivity contribution in [3.63, 3.8) is 0 Å². The number of para-hydroxylation sites is 1. The minimum atomic E-state index is -4.86. The van der Waals surface area contributed by atoms with Crippen LogP contribution in [0, 0.1) is 0 Å². The molecular weight excluding hydrogens is 395 g/mol. The van der Waals surface area contributed by atoms with Gasteiger partial charge in [-0.3, -0.25) is 9.59 Å². The second-order valence-corrected chi connectivity index (χ2v) is 5.89. The van der Waals surface area contributed by atoms with Crippen molar-refractivity contribution in [1.82, 2.24) is 19.5 Å². The molecule has 3 N–H and O–H groups in total. The van der Waals surface area contributed by atoms with E-state index < -0.39 is 36.2 Å². The maximum Gasteiger partial charge on any atom is 0.573 e. The monoisotopic (exact) mass is 409 g/mol. The van der Waals surface area contributed by atoms with E-state index in [0.717, 1.165) is 15.1 Å². The third kappa shape index (κ3) is 4.72. The van der Waals surface area contributed by atoms with E-state index in [9.17, 15) is 27.6 Å². The van der Waals surface area contributed by atoms with Crippen molar-refractivity contribution >= 4 is 17.5 Å². The number of nitrogens with two attached hydrogens (primary N) is 1. The highest BCUT2D eigenvalue weighted by Crippen LogP contribution is 2.26. The quantitative estimate of drug-likeness (QED) is 0.624. The fraction of sp³-hybridized carbons (Fsp3) is 0.176. The van der Waals surface area contributed by atoms with Crippen molar-refractivity contribution in [3.05, 3.63) is 64.2 Å². The zero-order valence-electron chi connectivity index (χ0n) is 14.6. The third-order valence-electron chi connectivity index (χ3n) is 3.78. The zero-order valence-corrected chi connectivity index (χ0v) is 14.6. The summed E-state index contributed by atoms with van der Waals surface area (Å²) in [6.45, 7) is -0.656. The van der Waals surface area contributed by atoms with Crippen LogP contribution >= 0.6 is 0 Å². The van der Waals surface area contributed by atoms with E-state index in [1.54, 1.807) is 0 Å². The first-order valence-electron chi connectivity index (χ1n) is 8.13. The van der Waals surface area contributed by atoms with E-state index in [1.807, 2.05) is 0 Å². The Morgan fingerprint density at radius 3 is 2.59 bits per heavy atom. The molecule has 2 aromatic heterocycles. The highest BCUT2D eigenvalue weighted by molar-refractivity contribution is 5.94. The predicted octanol–water partition coefficient (Wildman–Crippen LogP) is 0.810. The Kier molecular flexibility index (Phi) is 5.26. The van der Waals surface area contributed by atoms with Gasteiger partial charge in [0.15, 0.2) is 5.65 Å². The number of fused-ring (bicyclic) bond motifs is 1. The minimum absolute atomic E-state index is 0.0624. The molecule has 0 atom stereocenters. The fourth-order valence-corrected chi connectivity index (χ4v) is 2.56. The fourth-order valence-electron chi connectivity index (χ4n) is 2.56. The van der Waals surface area contributed by atoms with Crippen LogP contribution in [0.4, 0.5) is 13.2 Å². The molecule has 0 aliphatic rings. The van der Waals surface area contributed by atoms with Gasteiger partial charge in [-0.1, -0.05) is 18.2 Å². The summed E-state index contributed by atoms with van der Waals surface area (Å²) in [6, 6.07) is 8.15. The molecule has 2 amide bonds. The first-order valence-corrected chi connectivity index (χ1v) is 8.13. The molecule has 0 fully saturated rings. The lowest BCUT2D eigenvalue weighted by atomic mass is 10.2. The van der Waals surface area contributed by atoms with Crippen LogP contribution in [0.15, 0.2) is 47.4 Å². The van der Waals surface area contributed by atoms with Gasteiger partial charge < -0.3 is 15.8 Å². The highest BCUT2D eigenvalue weighted by atomic mass is 19.4. The molecule has 0 spiro atoms. The van der Waals surface area contributed by atoms with Gasteiger partial charge in [-0.2, -0.15) is 0 Å². The van der Waals surface area contributed by atoms with Crippen molar-refractivity contribution in [2.45, 2.75) is 19.5 Å². The minimum Gasteiger partial charge on any atom is -0.405 e. The molecule has 1 aromatic carbocycles. The van der Waals surface area contributed by atoms with Gasteiger partial charge >= 0.3 is 12.1 Å². The molecule has 29 heavy (non-hydrogen) atoms. The Hall–Kier alpha value is -3.83. The number of primary amides is 1. The van der Waals surface area contributed by atoms with Crippen molar-refractivity contribution < 1.29 is 27.5 Å². The van der Waals surface area contributed by atoms with Crippen LogP contribution < -0.4 is 21.5 Å². The average Bonchev–Trinajstić information content (AvgIpc) is 2.94. The second-order valence-electron chi connectivity index (χ2n) is 5.89. The van der Waals surface area contributed by atoms with Gasteiger partial charge in [-0.15, -0.1) is 18.3 Å². The van der Waals surface area contributed by atoms with Crippen LogP contribution in [0.3, 0.4) is 0 Å². The van der Waals surface area contributed by atoms with E-state index in [1.165, 1.54) is 36.5 Å². The lowest BCUT2D eigenvalue weighted by Crippen LogP contribution is -2.29. The number of aromatic nitrogens is 3. The number of carbonyl (C=O) groups excluding carboxylic acids is 2. The van der Waals surface area contributed by atoms with Crippen molar-refractivity contribution in [2.24, 2.45) is 5.73 Å². The van der Waals surface area contributed by atoms with Gasteiger partial charge in [-0.25, -0.2) is 13.9 Å². The van der Waals surface area contributed by atoms with Crippen LogP contribution in [0.1, 0.15) is 15.9 Å². The molecule has 12 heteroatoms. The molecule has 2 heterocycles. The third-order valence-corrected chi connectivity index (χ3v) is 3.78. The Balaban J connectivity index is 1.78. The van der Waals surface area contributed by atoms with Gasteiger partial charge in [0.25, 0.3) is 5.91 Å². The molecule has 0 saturated heterocycles. The van der Waals surface area contributed by atoms with E-state index in [0.29, 0.717) is 0 Å². The second kappa shape index (κ2) is 7.66. The van der Waals surface area contributed by atoms with Crippen molar-refractivity contribution in [2.75, 3.05) is 0 Å². The van der Waals surface area contributed by atoms with Crippen LogP contribution in [-0.2, 0) is 17.9 Å². The Morgan fingerprint density at radius 2 is 1.90 bits per heavy atom. The van der Waals surface area contributed by atoms with E-state index in [2.05, 4.69) is 15.2 Å². The Morgan fingerprint density at radius 1 is 1.17 bits per heavy atom. The molecule has 0 aliphatic carbocycles. The molecule has 0 bridgehead atoms. The lowest BCUT2D eigenvalue weighted by molar-refractivity contribution is -0.274. The number of alkyl halides is 3. The summed E-state index contributed by atoms with van der Waals surface area (Å²) in [6.07, 6.45) is -3.66. The predicted molar refractivity (Wildman–Crippen MR) is 92.9 cm³/mol. The molecular formula is C17H14F3N5O4. The van der Waals surface area contributed by atoms with Gasteiger partial charge in [-0.05, 0) is 18.2 Å². The molecule has 0 aliphatic heterocycles. The summed E-state index contributed by atoms with van der Waals surface area (Å²) in [5.41, 5.74) is 4.75. The number of nitrogens with zero attached hydrogens (tertiary/aromatic N) is 3. The molecule has 0 unspecified atom stereocenters. The van der Waals surface area contributed by atoms with E-state index in [-0.39, 0.29) is 23.3 Å². The Labute approximate surface area is 160 Å². The highest BCUT2D eigenvalue weighted by Gasteiger charge is 2.32. The summed E-state index contributed by atoms with van der Waals surface area (Å²) in [5.74, 6) is -1.82. The number of nitrogens with one attached hydrogen (secondary N) is 1. The van der Waals surface area contributed by atoms with Crippen LogP contribution in [0.2, 0.25) is 0 Å². The largest absolute Gasteiger partial charge is 0.573 e. The molecule has 152 valence electrons. The van der Waals surface area contributed by atoms with Gasteiger partial charge in [0.2, 0.25) is 5.91 Å². The smallest absolute Gasteiger partial charge is 0.405 e. The SMILES string of the molecule is NC(=O)Cn1nc2ccc(C(=O)NCc3ccccc3OC(F)(F)F)cn2c1=O. The van der Waals surface area contributed by atoms with Gasteiger partial charge in [0.1, 0.15) is 12.3 Å². The average molecular weight is 409 g/mol. The summed E-state index contributed by atoms with van der Waals surface area (Å²) < 4.78 is 43.3. The number of pyridine rings is 1. The van der Waals surface area contributed by atoms with E-state index >= 15 is 0 Å². The summed E-state index contributed by atoms with van der Waals surface area (Å²) in [5, 5.41) is 6.37. The number of hydrogen-bond donors (Lipinski definition) is 2. The maximum absolute atomic E-state index is 12.5. The number of amides is 2. The molecule has 0 saturated carbocycles. The summed E-state index contributed by atoms with van der Waals surface area (Å²) >= 11 is 0. The molecule has 9 nitrogen and oxygen atoms in total. The van der Waals surface area contributed by atoms with E-state index in [4.69, 9.17) is 5.73 Å². The van der Waals surface area contributed by atoms with Crippen molar-refractivity contribution in [3.8, 4) is 5.75 Å². The number of carbonyl (C=O) groups is 2. The Bertz CT molecular complexity index is 1140. The first-order chi connectivity index (χ1) is 13.6. The molecule has 3 rings (SSSR count). The molecule has 3 aromatic rings. The first kappa shape index (κ1) is 19.9. The van der Waals surface area contributed by atoms with Crippen LogP contribution in [-0.4, -0.2) is 32.4 Å². The standard InChI is InChI=1S/C17H14F3N5O4/c18-17(19,20)29-12-4-2-1-3-10(12)7-22-15(27)11-5-6-14-23-25(9-13(21)26)16(28)24(14)8-11/h1-6,8H,7,9H2,(H2,21,26)(H,22,27). The van der Waals surface area contributed by atoms with Gasteiger partial charge in [0.05, 0.1) is 5.56 Å². The number of benzene rings is 1. The number of hydrogen-bond acceptors (Lipinski definition) is 5. The molecule has 0 radical (unpaired) electrons. The van der Waals surface area contributed by atoms with Crippen molar-refractivity contribution in [1.29, 1.82) is 0 Å². The number of halogens is 3. The summed E-state index contributed by atoms with van der Waals surface area (Å²) in [4.78, 5) is 35.5.